The lowest BCUT2D eigenvalue weighted by atomic mass is 10.1. The maximum atomic E-state index is 11.9. The van der Waals surface area contributed by atoms with Crippen LogP contribution in [0.1, 0.15) is 16.8 Å². The molecular formula is C13H13N3O. The Kier molecular flexibility index (Phi) is 2.30. The molecule has 1 fully saturated rings. The van der Waals surface area contributed by atoms with Gasteiger partial charge in [-0.15, -0.1) is 0 Å². The van der Waals surface area contributed by atoms with Gasteiger partial charge in [-0.25, -0.2) is 0 Å². The van der Waals surface area contributed by atoms with E-state index in [9.17, 15) is 4.79 Å². The summed E-state index contributed by atoms with van der Waals surface area (Å²) in [4.78, 5) is 16.1. The third kappa shape index (κ3) is 1.99. The lowest BCUT2D eigenvalue weighted by molar-refractivity contribution is 0.0950. The van der Waals surface area contributed by atoms with E-state index in [2.05, 4.69) is 10.3 Å². The molecule has 2 atom stereocenters. The Morgan fingerprint density at radius 3 is 3.00 bits per heavy atom. The quantitative estimate of drug-likeness (QED) is 0.806. The molecular weight excluding hydrogens is 214 g/mol. The molecule has 0 radical (unpaired) electrons. The first-order valence-corrected chi connectivity index (χ1v) is 5.65. The Labute approximate surface area is 98.8 Å². The minimum atomic E-state index is -0.0614. The monoisotopic (exact) mass is 227 g/mol. The maximum Gasteiger partial charge on any atom is 0.251 e. The average molecular weight is 227 g/mol. The average Bonchev–Trinajstić information content (AvgIpc) is 3.04. The number of benzene rings is 1. The van der Waals surface area contributed by atoms with Gasteiger partial charge in [0.25, 0.3) is 5.91 Å². The number of rotatable bonds is 2. The molecule has 0 bridgehead atoms. The number of nitrogens with zero attached hydrogens (tertiary/aromatic N) is 1. The standard InChI is InChI=1S/C13H13N3O/c14-10-7-12(10)16-13(17)9-3-4-11-8(6-9)2-1-5-15-11/h1-6,10,12H,7,14H2,(H,16,17). The van der Waals surface area contributed by atoms with Crippen molar-refractivity contribution in [1.29, 1.82) is 0 Å². The molecule has 17 heavy (non-hydrogen) atoms. The lowest BCUT2D eigenvalue weighted by Crippen LogP contribution is -2.29. The van der Waals surface area contributed by atoms with Gasteiger partial charge in [-0.2, -0.15) is 0 Å². The van der Waals surface area contributed by atoms with Crippen LogP contribution < -0.4 is 11.1 Å². The zero-order valence-electron chi connectivity index (χ0n) is 9.26. The molecule has 3 N–H and O–H groups in total. The Bertz CT molecular complexity index is 582. The minimum Gasteiger partial charge on any atom is -0.348 e. The number of nitrogens with two attached hydrogens (primary N) is 1. The zero-order valence-corrected chi connectivity index (χ0v) is 9.26. The van der Waals surface area contributed by atoms with Crippen molar-refractivity contribution in [1.82, 2.24) is 10.3 Å². The van der Waals surface area contributed by atoms with Crippen molar-refractivity contribution in [2.24, 2.45) is 5.73 Å². The molecule has 4 nitrogen and oxygen atoms in total. The summed E-state index contributed by atoms with van der Waals surface area (Å²) in [5.41, 5.74) is 7.21. The summed E-state index contributed by atoms with van der Waals surface area (Å²) in [6, 6.07) is 9.58. The second-order valence-corrected chi connectivity index (χ2v) is 4.39. The van der Waals surface area contributed by atoms with E-state index in [1.165, 1.54) is 0 Å². The molecule has 2 unspecified atom stereocenters. The number of hydrogen-bond donors (Lipinski definition) is 2. The van der Waals surface area contributed by atoms with Gasteiger partial charge in [0.2, 0.25) is 0 Å². The van der Waals surface area contributed by atoms with Crippen LogP contribution in [0.5, 0.6) is 0 Å². The van der Waals surface area contributed by atoms with E-state index >= 15 is 0 Å². The largest absolute Gasteiger partial charge is 0.348 e. The van der Waals surface area contributed by atoms with Crippen LogP contribution in [0.25, 0.3) is 10.9 Å². The van der Waals surface area contributed by atoms with E-state index in [1.54, 1.807) is 12.3 Å². The second kappa shape index (κ2) is 3.82. The van der Waals surface area contributed by atoms with Gasteiger partial charge in [-0.3, -0.25) is 9.78 Å². The number of amides is 1. The Balaban J connectivity index is 1.87. The number of aromatic nitrogens is 1. The van der Waals surface area contributed by atoms with Crippen LogP contribution in [0.15, 0.2) is 36.5 Å². The van der Waals surface area contributed by atoms with E-state index in [0.29, 0.717) is 5.56 Å². The van der Waals surface area contributed by atoms with Gasteiger partial charge in [-0.05, 0) is 30.7 Å². The van der Waals surface area contributed by atoms with E-state index < -0.39 is 0 Å². The maximum absolute atomic E-state index is 11.9. The number of carbonyl (C=O) groups excluding carboxylic acids is 1. The first-order valence-electron chi connectivity index (χ1n) is 5.65. The molecule has 1 aliphatic rings. The molecule has 1 amide bonds. The van der Waals surface area contributed by atoms with Gasteiger partial charge in [0.1, 0.15) is 0 Å². The van der Waals surface area contributed by atoms with Gasteiger partial charge in [0, 0.05) is 29.2 Å². The first kappa shape index (κ1) is 10.2. The summed E-state index contributed by atoms with van der Waals surface area (Å²) in [6.45, 7) is 0. The second-order valence-electron chi connectivity index (χ2n) is 4.39. The highest BCUT2D eigenvalue weighted by Crippen LogP contribution is 2.19. The summed E-state index contributed by atoms with van der Waals surface area (Å²) in [7, 11) is 0. The third-order valence-corrected chi connectivity index (χ3v) is 3.02. The molecule has 1 aliphatic carbocycles. The van der Waals surface area contributed by atoms with Crippen molar-refractivity contribution in [3.8, 4) is 0 Å². The zero-order chi connectivity index (χ0) is 11.8. The summed E-state index contributed by atoms with van der Waals surface area (Å²) in [5.74, 6) is -0.0614. The van der Waals surface area contributed by atoms with E-state index in [0.717, 1.165) is 17.3 Å². The fraction of sp³-hybridized carbons (Fsp3) is 0.231. The predicted molar refractivity (Wildman–Crippen MR) is 65.6 cm³/mol. The van der Waals surface area contributed by atoms with E-state index in [-0.39, 0.29) is 18.0 Å². The van der Waals surface area contributed by atoms with Crippen LogP contribution in [0.2, 0.25) is 0 Å². The first-order chi connectivity index (χ1) is 8.24. The summed E-state index contributed by atoms with van der Waals surface area (Å²) >= 11 is 0. The number of hydrogen-bond acceptors (Lipinski definition) is 3. The fourth-order valence-electron chi connectivity index (χ4n) is 1.85. The van der Waals surface area contributed by atoms with Crippen molar-refractivity contribution in [2.75, 3.05) is 0 Å². The predicted octanol–water partition coefficient (Wildman–Crippen LogP) is 1.06. The molecule has 0 saturated heterocycles. The highest BCUT2D eigenvalue weighted by atomic mass is 16.1. The summed E-state index contributed by atoms with van der Waals surface area (Å²) in [6.07, 6.45) is 2.62. The van der Waals surface area contributed by atoms with Crippen LogP contribution in [-0.2, 0) is 0 Å². The highest BCUT2D eigenvalue weighted by Gasteiger charge is 2.34. The molecule has 0 spiro atoms. The molecule has 1 aromatic heterocycles. The molecule has 4 heteroatoms. The molecule has 1 saturated carbocycles. The fourth-order valence-corrected chi connectivity index (χ4v) is 1.85. The van der Waals surface area contributed by atoms with Gasteiger partial charge >= 0.3 is 0 Å². The summed E-state index contributed by atoms with van der Waals surface area (Å²) in [5, 5.41) is 3.87. The topological polar surface area (TPSA) is 68.0 Å². The number of nitrogens with one attached hydrogen (secondary N) is 1. The lowest BCUT2D eigenvalue weighted by Gasteiger charge is -2.04. The van der Waals surface area contributed by atoms with Gasteiger partial charge in [-0.1, -0.05) is 6.07 Å². The van der Waals surface area contributed by atoms with Gasteiger partial charge in [0.15, 0.2) is 0 Å². The number of fused-ring (bicyclic) bond motifs is 1. The molecule has 3 rings (SSSR count). The molecule has 2 aromatic rings. The molecule has 1 aromatic carbocycles. The van der Waals surface area contributed by atoms with E-state index in [4.69, 9.17) is 5.73 Å². The van der Waals surface area contributed by atoms with Crippen LogP contribution in [0.4, 0.5) is 0 Å². The Morgan fingerprint density at radius 2 is 2.24 bits per heavy atom. The Hall–Kier alpha value is -1.94. The van der Waals surface area contributed by atoms with Gasteiger partial charge in [0.05, 0.1) is 5.52 Å². The number of carbonyl (C=O) groups is 1. The van der Waals surface area contributed by atoms with Crippen LogP contribution in [0.3, 0.4) is 0 Å². The minimum absolute atomic E-state index is 0.0614. The smallest absolute Gasteiger partial charge is 0.251 e. The molecule has 1 heterocycles. The van der Waals surface area contributed by atoms with Crippen molar-refractivity contribution in [3.05, 3.63) is 42.1 Å². The Morgan fingerprint density at radius 1 is 1.41 bits per heavy atom. The summed E-state index contributed by atoms with van der Waals surface area (Å²) < 4.78 is 0. The van der Waals surface area contributed by atoms with Crippen molar-refractivity contribution >= 4 is 16.8 Å². The SMILES string of the molecule is NC1CC1NC(=O)c1ccc2ncccc2c1. The number of pyridine rings is 1. The van der Waals surface area contributed by atoms with Crippen LogP contribution in [0, 0.1) is 0 Å². The van der Waals surface area contributed by atoms with Crippen LogP contribution >= 0.6 is 0 Å². The highest BCUT2D eigenvalue weighted by molar-refractivity contribution is 5.98. The van der Waals surface area contributed by atoms with Crippen molar-refractivity contribution < 1.29 is 4.79 Å². The van der Waals surface area contributed by atoms with Crippen molar-refractivity contribution in [2.45, 2.75) is 18.5 Å². The molecule has 86 valence electrons. The third-order valence-electron chi connectivity index (χ3n) is 3.02. The normalized spacial score (nSPS) is 22.4. The van der Waals surface area contributed by atoms with E-state index in [1.807, 2.05) is 24.3 Å². The van der Waals surface area contributed by atoms with Crippen molar-refractivity contribution in [3.63, 3.8) is 0 Å². The van der Waals surface area contributed by atoms with Gasteiger partial charge < -0.3 is 11.1 Å². The van der Waals surface area contributed by atoms with Crippen LogP contribution in [-0.4, -0.2) is 23.0 Å². The molecule has 0 aliphatic heterocycles.